The van der Waals surface area contributed by atoms with E-state index in [0.717, 1.165) is 6.42 Å². The van der Waals surface area contributed by atoms with Gasteiger partial charge in [0.1, 0.15) is 0 Å². The number of hydrogen-bond acceptors (Lipinski definition) is 0. The lowest BCUT2D eigenvalue weighted by Gasteiger charge is -1.90. The molecule has 0 heterocycles. The normalized spacial score (nSPS) is 12.2. The van der Waals surface area contributed by atoms with Crippen LogP contribution in [0.3, 0.4) is 0 Å². The molecule has 0 aromatic heterocycles. The maximum Gasteiger partial charge on any atom is -0.0161 e. The van der Waals surface area contributed by atoms with Crippen molar-refractivity contribution >= 4 is 0 Å². The highest BCUT2D eigenvalue weighted by atomic mass is 13.9. The van der Waals surface area contributed by atoms with Crippen molar-refractivity contribution in [1.29, 1.82) is 0 Å². The molecular formula is C11H18. The lowest BCUT2D eigenvalue weighted by atomic mass is 10.2. The minimum absolute atomic E-state index is 1.05. The molecule has 0 aliphatic heterocycles. The van der Waals surface area contributed by atoms with Crippen LogP contribution in [-0.4, -0.2) is 0 Å². The molecule has 0 bridgehead atoms. The summed E-state index contributed by atoms with van der Waals surface area (Å²) in [6.45, 7) is 8.41. The van der Waals surface area contributed by atoms with Gasteiger partial charge in [0.05, 0.1) is 0 Å². The molecule has 0 aromatic carbocycles. The van der Waals surface area contributed by atoms with E-state index in [4.69, 9.17) is 0 Å². The minimum atomic E-state index is 1.05. The predicted molar refractivity (Wildman–Crippen MR) is 52.6 cm³/mol. The van der Waals surface area contributed by atoms with Gasteiger partial charge >= 0.3 is 0 Å². The maximum atomic E-state index is 2.23. The molecule has 0 aliphatic rings. The highest BCUT2D eigenvalue weighted by Gasteiger charge is 1.79. The van der Waals surface area contributed by atoms with Crippen LogP contribution in [0.5, 0.6) is 0 Å². The molecule has 62 valence electrons. The second-order valence-corrected chi connectivity index (χ2v) is 2.97. The fourth-order valence-corrected chi connectivity index (χ4v) is 0.811. The van der Waals surface area contributed by atoms with Crippen LogP contribution in [0.15, 0.2) is 35.5 Å². The van der Waals surface area contributed by atoms with Gasteiger partial charge in [0.25, 0.3) is 0 Å². The van der Waals surface area contributed by atoms with Crippen molar-refractivity contribution in [2.24, 2.45) is 0 Å². The summed E-state index contributed by atoms with van der Waals surface area (Å²) in [4.78, 5) is 0. The molecule has 0 aliphatic carbocycles. The van der Waals surface area contributed by atoms with Gasteiger partial charge in [-0.15, -0.1) is 0 Å². The van der Waals surface area contributed by atoms with Gasteiger partial charge in [-0.1, -0.05) is 35.5 Å². The van der Waals surface area contributed by atoms with Gasteiger partial charge in [-0.3, -0.25) is 0 Å². The fraction of sp³-hybridized carbons (Fsp3) is 0.455. The van der Waals surface area contributed by atoms with E-state index in [2.05, 4.69) is 45.1 Å². The zero-order chi connectivity index (χ0) is 8.69. The van der Waals surface area contributed by atoms with Crippen LogP contribution in [0.2, 0.25) is 0 Å². The summed E-state index contributed by atoms with van der Waals surface area (Å²) in [6.07, 6.45) is 9.70. The summed E-state index contributed by atoms with van der Waals surface area (Å²) in [6, 6.07) is 0. The zero-order valence-corrected chi connectivity index (χ0v) is 8.02. The largest absolute Gasteiger partial charge is 0.0874 e. The lowest BCUT2D eigenvalue weighted by molar-refractivity contribution is 1.26. The molecule has 0 N–H and O–H groups in total. The molecule has 0 saturated carbocycles. The first kappa shape index (κ1) is 10.2. The van der Waals surface area contributed by atoms with Crippen molar-refractivity contribution < 1.29 is 0 Å². The molecule has 0 fully saturated rings. The van der Waals surface area contributed by atoms with Gasteiger partial charge in [0.15, 0.2) is 0 Å². The quantitative estimate of drug-likeness (QED) is 0.423. The Balaban J connectivity index is 3.83. The molecule has 0 heteroatoms. The zero-order valence-electron chi connectivity index (χ0n) is 8.02. The second-order valence-electron chi connectivity index (χ2n) is 2.97. The summed E-state index contributed by atoms with van der Waals surface area (Å²) in [5.74, 6) is 0. The Morgan fingerprint density at radius 3 is 2.18 bits per heavy atom. The van der Waals surface area contributed by atoms with Gasteiger partial charge in [-0.25, -0.2) is 0 Å². The van der Waals surface area contributed by atoms with Crippen molar-refractivity contribution in [1.82, 2.24) is 0 Å². The third-order valence-corrected chi connectivity index (χ3v) is 1.40. The second kappa shape index (κ2) is 5.96. The first-order valence-electron chi connectivity index (χ1n) is 4.09. The number of hydrogen-bond donors (Lipinski definition) is 0. The van der Waals surface area contributed by atoms with E-state index in [9.17, 15) is 0 Å². The molecule has 0 spiro atoms. The van der Waals surface area contributed by atoms with E-state index >= 15 is 0 Å². The highest BCUT2D eigenvalue weighted by molar-refractivity contribution is 5.16. The summed E-state index contributed by atoms with van der Waals surface area (Å²) in [5.41, 5.74) is 2.72. The summed E-state index contributed by atoms with van der Waals surface area (Å²) < 4.78 is 0. The van der Waals surface area contributed by atoms with Crippen molar-refractivity contribution in [2.45, 2.75) is 34.1 Å². The standard InChI is InChI=1S/C11H18/c1-5-7-11(4)9-6-8-10(2)3/h5,7-9H,6H2,1-4H3/b7-5-,11-9+. The van der Waals surface area contributed by atoms with Gasteiger partial charge < -0.3 is 0 Å². The van der Waals surface area contributed by atoms with Crippen molar-refractivity contribution in [3.05, 3.63) is 35.5 Å². The molecule has 0 radical (unpaired) electrons. The topological polar surface area (TPSA) is 0 Å². The van der Waals surface area contributed by atoms with E-state index in [0.29, 0.717) is 0 Å². The Hall–Kier alpha value is -0.780. The van der Waals surface area contributed by atoms with Gasteiger partial charge in [-0.05, 0) is 34.1 Å². The van der Waals surface area contributed by atoms with E-state index in [1.54, 1.807) is 0 Å². The molecule has 0 atom stereocenters. The third-order valence-electron chi connectivity index (χ3n) is 1.40. The van der Waals surface area contributed by atoms with Crippen LogP contribution in [0, 0.1) is 0 Å². The first-order valence-corrected chi connectivity index (χ1v) is 4.09. The van der Waals surface area contributed by atoms with Crippen molar-refractivity contribution in [3.8, 4) is 0 Å². The Labute approximate surface area is 70.3 Å². The Kier molecular flexibility index (Phi) is 5.54. The predicted octanol–water partition coefficient (Wildman–Crippen LogP) is 3.87. The molecule has 0 nitrogen and oxygen atoms in total. The van der Waals surface area contributed by atoms with Gasteiger partial charge in [0, 0.05) is 0 Å². The summed E-state index contributed by atoms with van der Waals surface area (Å²) >= 11 is 0. The van der Waals surface area contributed by atoms with Crippen LogP contribution >= 0.6 is 0 Å². The summed E-state index contributed by atoms with van der Waals surface area (Å²) in [5, 5.41) is 0. The smallest absolute Gasteiger partial charge is 0.0161 e. The fourth-order valence-electron chi connectivity index (χ4n) is 0.811. The van der Waals surface area contributed by atoms with Gasteiger partial charge in [0.2, 0.25) is 0 Å². The maximum absolute atomic E-state index is 2.23. The van der Waals surface area contributed by atoms with Crippen LogP contribution in [0.4, 0.5) is 0 Å². The van der Waals surface area contributed by atoms with Crippen LogP contribution in [0.1, 0.15) is 34.1 Å². The van der Waals surface area contributed by atoms with Gasteiger partial charge in [-0.2, -0.15) is 0 Å². The molecule has 0 amide bonds. The first-order chi connectivity index (χ1) is 5.16. The van der Waals surface area contributed by atoms with Crippen molar-refractivity contribution in [3.63, 3.8) is 0 Å². The third kappa shape index (κ3) is 7.11. The Morgan fingerprint density at radius 1 is 1.09 bits per heavy atom. The average Bonchev–Trinajstić information content (AvgIpc) is 1.87. The molecule has 0 saturated heterocycles. The monoisotopic (exact) mass is 150 g/mol. The molecule has 0 rings (SSSR count). The highest BCUT2D eigenvalue weighted by Crippen LogP contribution is 2.00. The molecular weight excluding hydrogens is 132 g/mol. The Morgan fingerprint density at radius 2 is 1.73 bits per heavy atom. The molecule has 0 unspecified atom stereocenters. The van der Waals surface area contributed by atoms with E-state index in [1.165, 1.54) is 11.1 Å². The SMILES string of the molecule is C/C=C\C(C)=C\CC=C(C)C. The van der Waals surface area contributed by atoms with Crippen molar-refractivity contribution in [2.75, 3.05) is 0 Å². The number of allylic oxidation sites excluding steroid dienone is 6. The average molecular weight is 150 g/mol. The van der Waals surface area contributed by atoms with Crippen LogP contribution < -0.4 is 0 Å². The Bertz CT molecular complexity index is 176. The minimum Gasteiger partial charge on any atom is -0.0874 e. The van der Waals surface area contributed by atoms with Crippen LogP contribution in [0.25, 0.3) is 0 Å². The molecule has 11 heavy (non-hydrogen) atoms. The number of rotatable bonds is 3. The van der Waals surface area contributed by atoms with E-state index in [-0.39, 0.29) is 0 Å². The van der Waals surface area contributed by atoms with E-state index < -0.39 is 0 Å². The van der Waals surface area contributed by atoms with E-state index in [1.807, 2.05) is 6.92 Å². The summed E-state index contributed by atoms with van der Waals surface area (Å²) in [7, 11) is 0. The van der Waals surface area contributed by atoms with Crippen LogP contribution in [-0.2, 0) is 0 Å². The lowest BCUT2D eigenvalue weighted by Crippen LogP contribution is -1.69. The molecule has 0 aromatic rings.